The molecular weight excluding hydrogens is 254 g/mol. The minimum atomic E-state index is -0.0908. The number of hydrogen-bond acceptors (Lipinski definition) is 3. The fourth-order valence-electron chi connectivity index (χ4n) is 3.58. The Bertz CT molecular complexity index is 497. The van der Waals surface area contributed by atoms with Crippen LogP contribution in [0.1, 0.15) is 50.5 Å². The van der Waals surface area contributed by atoms with Crippen LogP contribution in [0.3, 0.4) is 0 Å². The minimum Gasteiger partial charge on any atom is -0.369 e. The molecule has 1 N–H and O–H groups in total. The molecular formula is C15H23N3O2. The van der Waals surface area contributed by atoms with E-state index in [1.165, 1.54) is 0 Å². The van der Waals surface area contributed by atoms with Crippen LogP contribution in [-0.2, 0) is 4.74 Å². The van der Waals surface area contributed by atoms with Crippen LogP contribution in [0, 0.1) is 5.92 Å². The molecule has 3 heterocycles. The van der Waals surface area contributed by atoms with Crippen molar-refractivity contribution in [1.82, 2.24) is 15.1 Å². The van der Waals surface area contributed by atoms with Crippen LogP contribution in [0.2, 0.25) is 0 Å². The maximum Gasteiger partial charge on any atom is 0.271 e. The first-order valence-electron chi connectivity index (χ1n) is 7.38. The lowest BCUT2D eigenvalue weighted by atomic mass is 9.74. The highest BCUT2D eigenvalue weighted by Gasteiger charge is 2.48. The molecule has 2 atom stereocenters. The SMILES string of the molecule is CC1(C)CC[C@H]2CN(C(=O)c3ccn[nH]3)CC[C@@]2(C)O1. The summed E-state index contributed by atoms with van der Waals surface area (Å²) in [5.74, 6) is 0.477. The van der Waals surface area contributed by atoms with Crippen molar-refractivity contribution in [3.8, 4) is 0 Å². The largest absolute Gasteiger partial charge is 0.369 e. The van der Waals surface area contributed by atoms with Gasteiger partial charge in [0, 0.05) is 25.2 Å². The molecule has 0 unspecified atom stereocenters. The topological polar surface area (TPSA) is 58.2 Å². The van der Waals surface area contributed by atoms with Gasteiger partial charge in [-0.1, -0.05) is 0 Å². The van der Waals surface area contributed by atoms with Gasteiger partial charge in [0.2, 0.25) is 0 Å². The second-order valence-corrected chi connectivity index (χ2v) is 6.88. The molecule has 1 aromatic heterocycles. The van der Waals surface area contributed by atoms with Gasteiger partial charge in [-0.15, -0.1) is 0 Å². The van der Waals surface area contributed by atoms with Crippen LogP contribution in [-0.4, -0.2) is 45.3 Å². The van der Waals surface area contributed by atoms with Gasteiger partial charge >= 0.3 is 0 Å². The quantitative estimate of drug-likeness (QED) is 0.856. The van der Waals surface area contributed by atoms with E-state index in [2.05, 4.69) is 31.0 Å². The summed E-state index contributed by atoms with van der Waals surface area (Å²) in [6.45, 7) is 8.06. The average Bonchev–Trinajstić information content (AvgIpc) is 2.89. The molecule has 0 saturated carbocycles. The minimum absolute atomic E-state index is 0.0409. The van der Waals surface area contributed by atoms with Crippen molar-refractivity contribution in [2.24, 2.45) is 5.92 Å². The van der Waals surface area contributed by atoms with Crippen LogP contribution in [0.25, 0.3) is 0 Å². The van der Waals surface area contributed by atoms with Crippen molar-refractivity contribution in [3.63, 3.8) is 0 Å². The van der Waals surface area contributed by atoms with Crippen molar-refractivity contribution in [1.29, 1.82) is 0 Å². The lowest BCUT2D eigenvalue weighted by molar-refractivity contribution is -0.210. The van der Waals surface area contributed by atoms with Gasteiger partial charge in [-0.25, -0.2) is 0 Å². The zero-order valence-corrected chi connectivity index (χ0v) is 12.5. The molecule has 1 amide bonds. The number of aromatic amines is 1. The fourth-order valence-corrected chi connectivity index (χ4v) is 3.58. The maximum atomic E-state index is 12.4. The van der Waals surface area contributed by atoms with Gasteiger partial charge in [0.15, 0.2) is 0 Å². The van der Waals surface area contributed by atoms with Gasteiger partial charge in [-0.3, -0.25) is 9.89 Å². The molecule has 3 rings (SSSR count). The molecule has 2 aliphatic rings. The van der Waals surface area contributed by atoms with Gasteiger partial charge in [-0.05, 0) is 46.1 Å². The van der Waals surface area contributed by atoms with Crippen LogP contribution in [0.4, 0.5) is 0 Å². The molecule has 110 valence electrons. The van der Waals surface area contributed by atoms with Crippen LogP contribution >= 0.6 is 0 Å². The highest BCUT2D eigenvalue weighted by atomic mass is 16.5. The predicted molar refractivity (Wildman–Crippen MR) is 75.4 cm³/mol. The van der Waals surface area contributed by atoms with Crippen molar-refractivity contribution in [3.05, 3.63) is 18.0 Å². The average molecular weight is 277 g/mol. The van der Waals surface area contributed by atoms with Crippen molar-refractivity contribution in [2.45, 2.75) is 51.2 Å². The van der Waals surface area contributed by atoms with E-state index in [-0.39, 0.29) is 17.1 Å². The second-order valence-electron chi connectivity index (χ2n) is 6.88. The normalized spacial score (nSPS) is 32.8. The Labute approximate surface area is 119 Å². The Balaban J connectivity index is 1.72. The van der Waals surface area contributed by atoms with Gasteiger partial charge in [0.05, 0.1) is 11.2 Å². The maximum absolute atomic E-state index is 12.4. The van der Waals surface area contributed by atoms with E-state index in [0.29, 0.717) is 11.6 Å². The molecule has 0 aliphatic carbocycles. The first-order valence-corrected chi connectivity index (χ1v) is 7.38. The summed E-state index contributed by atoms with van der Waals surface area (Å²) in [6.07, 6.45) is 4.70. The Hall–Kier alpha value is -1.36. The van der Waals surface area contributed by atoms with E-state index in [1.54, 1.807) is 12.3 Å². The number of fused-ring (bicyclic) bond motifs is 1. The Morgan fingerprint density at radius 2 is 2.25 bits per heavy atom. The predicted octanol–water partition coefficient (Wildman–Crippen LogP) is 2.22. The third-order valence-corrected chi connectivity index (χ3v) is 4.81. The molecule has 0 bridgehead atoms. The lowest BCUT2D eigenvalue weighted by Gasteiger charge is -2.53. The molecule has 5 heteroatoms. The number of H-pyrrole nitrogens is 1. The van der Waals surface area contributed by atoms with E-state index in [9.17, 15) is 4.79 Å². The van der Waals surface area contributed by atoms with Crippen molar-refractivity contribution >= 4 is 5.91 Å². The first-order chi connectivity index (χ1) is 9.40. The summed E-state index contributed by atoms with van der Waals surface area (Å²) in [5, 5.41) is 6.61. The highest BCUT2D eigenvalue weighted by Crippen LogP contribution is 2.43. The number of ether oxygens (including phenoxy) is 1. The third kappa shape index (κ3) is 2.35. The number of likely N-dealkylation sites (tertiary alicyclic amines) is 1. The molecule has 0 spiro atoms. The number of rotatable bonds is 1. The molecule has 5 nitrogen and oxygen atoms in total. The number of aromatic nitrogens is 2. The number of amides is 1. The van der Waals surface area contributed by atoms with Gasteiger partial charge < -0.3 is 9.64 Å². The molecule has 20 heavy (non-hydrogen) atoms. The molecule has 2 fully saturated rings. The standard InChI is InChI=1S/C15H23N3O2/c1-14(2)6-4-11-10-18(9-7-15(11,3)20-14)13(19)12-5-8-16-17-12/h5,8,11H,4,6-7,9-10H2,1-3H3,(H,16,17)/t11-,15+/m0/s1. The number of nitrogens with zero attached hydrogens (tertiary/aromatic N) is 2. The van der Waals surface area contributed by atoms with E-state index in [0.717, 1.165) is 32.4 Å². The third-order valence-electron chi connectivity index (χ3n) is 4.81. The summed E-state index contributed by atoms with van der Waals surface area (Å²) in [6, 6.07) is 1.73. The summed E-state index contributed by atoms with van der Waals surface area (Å²) in [7, 11) is 0. The Kier molecular flexibility index (Phi) is 3.12. The monoisotopic (exact) mass is 277 g/mol. The van der Waals surface area contributed by atoms with Gasteiger partial charge in [0.25, 0.3) is 5.91 Å². The summed E-state index contributed by atoms with van der Waals surface area (Å²) in [5.41, 5.74) is 0.443. The van der Waals surface area contributed by atoms with Crippen molar-refractivity contribution in [2.75, 3.05) is 13.1 Å². The summed E-state index contributed by atoms with van der Waals surface area (Å²) >= 11 is 0. The van der Waals surface area contributed by atoms with E-state index in [4.69, 9.17) is 4.74 Å². The van der Waals surface area contributed by atoms with E-state index in [1.807, 2.05) is 4.90 Å². The number of carbonyl (C=O) groups excluding carboxylic acids is 1. The highest BCUT2D eigenvalue weighted by molar-refractivity contribution is 5.92. The molecule has 0 radical (unpaired) electrons. The fraction of sp³-hybridized carbons (Fsp3) is 0.733. The van der Waals surface area contributed by atoms with Gasteiger partial charge in [-0.2, -0.15) is 5.10 Å². The van der Waals surface area contributed by atoms with E-state index >= 15 is 0 Å². The van der Waals surface area contributed by atoms with Crippen LogP contribution < -0.4 is 0 Å². The molecule has 2 aliphatic heterocycles. The molecule has 1 aromatic rings. The van der Waals surface area contributed by atoms with Gasteiger partial charge in [0.1, 0.15) is 5.69 Å². The van der Waals surface area contributed by atoms with Crippen LogP contribution in [0.5, 0.6) is 0 Å². The zero-order valence-electron chi connectivity index (χ0n) is 12.5. The number of nitrogens with one attached hydrogen (secondary N) is 1. The Morgan fingerprint density at radius 3 is 2.95 bits per heavy atom. The number of hydrogen-bond donors (Lipinski definition) is 1. The first kappa shape index (κ1) is 13.6. The van der Waals surface area contributed by atoms with Crippen molar-refractivity contribution < 1.29 is 9.53 Å². The summed E-state index contributed by atoms with van der Waals surface area (Å²) < 4.78 is 6.33. The molecule has 2 saturated heterocycles. The van der Waals surface area contributed by atoms with Crippen LogP contribution in [0.15, 0.2) is 12.3 Å². The Morgan fingerprint density at radius 1 is 1.45 bits per heavy atom. The smallest absolute Gasteiger partial charge is 0.271 e. The summed E-state index contributed by atoms with van der Waals surface area (Å²) in [4.78, 5) is 14.3. The second kappa shape index (κ2) is 4.58. The van der Waals surface area contributed by atoms with E-state index < -0.39 is 0 Å². The number of piperidine rings is 1. The zero-order chi connectivity index (χ0) is 14.4. The number of carbonyl (C=O) groups is 1. The lowest BCUT2D eigenvalue weighted by Crippen LogP contribution is -2.58. The molecule has 0 aromatic carbocycles.